The van der Waals surface area contributed by atoms with E-state index in [-0.39, 0.29) is 12.1 Å². The summed E-state index contributed by atoms with van der Waals surface area (Å²) in [7, 11) is 0. The maximum Gasteiger partial charge on any atom is 0.184 e. The van der Waals surface area contributed by atoms with E-state index in [0.29, 0.717) is 11.5 Å². The van der Waals surface area contributed by atoms with Crippen LogP contribution >= 0.6 is 11.3 Å². The van der Waals surface area contributed by atoms with Crippen LogP contribution in [0.15, 0.2) is 59.3 Å². The molecule has 3 aromatic heterocycles. The first-order chi connectivity index (χ1) is 14.2. The SMILES string of the molecule is O[C@@H]1CCCC[C@H]1Nc1nc2ccc(Oc3ccnc(-c4ccco4)c3)cc2s1. The first kappa shape index (κ1) is 18.1. The molecule has 1 aromatic carbocycles. The Morgan fingerprint density at radius 3 is 2.86 bits per heavy atom. The third kappa shape index (κ3) is 3.97. The molecule has 0 aliphatic heterocycles. The zero-order chi connectivity index (χ0) is 19.6. The molecular weight excluding hydrogens is 386 g/mol. The predicted octanol–water partition coefficient (Wildman–Crippen LogP) is 5.46. The van der Waals surface area contributed by atoms with Crippen molar-refractivity contribution in [2.45, 2.75) is 37.8 Å². The number of aliphatic hydroxyl groups is 1. The molecule has 0 bridgehead atoms. The summed E-state index contributed by atoms with van der Waals surface area (Å²) in [6.07, 6.45) is 7.10. The number of hydrogen-bond donors (Lipinski definition) is 2. The van der Waals surface area contributed by atoms with Gasteiger partial charge >= 0.3 is 0 Å². The van der Waals surface area contributed by atoms with Gasteiger partial charge in [0.15, 0.2) is 10.9 Å². The van der Waals surface area contributed by atoms with E-state index in [9.17, 15) is 5.11 Å². The second-order valence-electron chi connectivity index (χ2n) is 7.21. The minimum atomic E-state index is -0.301. The lowest BCUT2D eigenvalue weighted by Gasteiger charge is -2.27. The molecule has 4 aromatic rings. The van der Waals surface area contributed by atoms with Gasteiger partial charge in [-0.1, -0.05) is 24.2 Å². The number of pyridine rings is 1. The number of aliphatic hydroxyl groups excluding tert-OH is 1. The van der Waals surface area contributed by atoms with Crippen molar-refractivity contribution >= 4 is 26.7 Å². The van der Waals surface area contributed by atoms with Gasteiger partial charge in [-0.3, -0.25) is 4.98 Å². The maximum absolute atomic E-state index is 10.2. The topological polar surface area (TPSA) is 80.4 Å². The lowest BCUT2D eigenvalue weighted by molar-refractivity contribution is 0.116. The Labute approximate surface area is 172 Å². The fourth-order valence-corrected chi connectivity index (χ4v) is 4.59. The number of benzene rings is 1. The number of anilines is 1. The largest absolute Gasteiger partial charge is 0.463 e. The quantitative estimate of drug-likeness (QED) is 0.457. The molecule has 1 saturated carbocycles. The summed E-state index contributed by atoms with van der Waals surface area (Å²) >= 11 is 1.58. The first-order valence-corrected chi connectivity index (χ1v) is 10.6. The number of hydrogen-bond acceptors (Lipinski definition) is 7. The highest BCUT2D eigenvalue weighted by Gasteiger charge is 2.23. The van der Waals surface area contributed by atoms with E-state index in [1.54, 1.807) is 23.8 Å². The second kappa shape index (κ2) is 7.85. The Kier molecular flexibility index (Phi) is 4.91. The summed E-state index contributed by atoms with van der Waals surface area (Å²) in [5, 5.41) is 14.4. The number of fused-ring (bicyclic) bond motifs is 1. The molecule has 7 heteroatoms. The first-order valence-electron chi connectivity index (χ1n) is 9.77. The summed E-state index contributed by atoms with van der Waals surface area (Å²) in [5.74, 6) is 2.13. The summed E-state index contributed by atoms with van der Waals surface area (Å²) in [6, 6.07) is 13.3. The van der Waals surface area contributed by atoms with Gasteiger partial charge in [0.05, 0.1) is 28.6 Å². The van der Waals surface area contributed by atoms with Gasteiger partial charge in [0.25, 0.3) is 0 Å². The number of thiazole rings is 1. The molecule has 2 atom stereocenters. The van der Waals surface area contributed by atoms with Gasteiger partial charge < -0.3 is 19.6 Å². The van der Waals surface area contributed by atoms with Crippen molar-refractivity contribution in [3.05, 3.63) is 54.9 Å². The molecule has 0 spiro atoms. The van der Waals surface area contributed by atoms with E-state index >= 15 is 0 Å². The maximum atomic E-state index is 10.2. The van der Waals surface area contributed by atoms with Crippen LogP contribution in [0, 0.1) is 0 Å². The van der Waals surface area contributed by atoms with Crippen molar-refractivity contribution in [2.75, 3.05) is 5.32 Å². The molecule has 1 aliphatic rings. The molecule has 5 rings (SSSR count). The Hall–Kier alpha value is -2.90. The summed E-state index contributed by atoms with van der Waals surface area (Å²) in [4.78, 5) is 8.98. The molecule has 29 heavy (non-hydrogen) atoms. The number of ether oxygens (including phenoxy) is 1. The summed E-state index contributed by atoms with van der Waals surface area (Å²) in [5.41, 5.74) is 1.64. The highest BCUT2D eigenvalue weighted by molar-refractivity contribution is 7.22. The normalized spacial score (nSPS) is 19.3. The fraction of sp³-hybridized carbons (Fsp3) is 0.273. The second-order valence-corrected chi connectivity index (χ2v) is 8.24. The third-order valence-electron chi connectivity index (χ3n) is 5.14. The fourth-order valence-electron chi connectivity index (χ4n) is 3.64. The van der Waals surface area contributed by atoms with Crippen LogP contribution in [0.4, 0.5) is 5.13 Å². The van der Waals surface area contributed by atoms with Crippen LogP contribution in [-0.4, -0.2) is 27.2 Å². The standard InChI is InChI=1S/C22H21N3O3S/c26-19-5-2-1-4-16(19)24-22-25-17-8-7-14(13-21(17)29-22)28-15-9-10-23-18(12-15)20-6-3-11-27-20/h3,6-13,16,19,26H,1-2,4-5H2,(H,24,25)/t16-,19-/m1/s1. The van der Waals surface area contributed by atoms with Crippen LogP contribution in [0.25, 0.3) is 21.7 Å². The average Bonchev–Trinajstić information content (AvgIpc) is 3.39. The van der Waals surface area contributed by atoms with Crippen molar-refractivity contribution in [1.29, 1.82) is 0 Å². The Bertz CT molecular complexity index is 1110. The van der Waals surface area contributed by atoms with Gasteiger partial charge in [0.2, 0.25) is 0 Å². The Morgan fingerprint density at radius 2 is 2.00 bits per heavy atom. The molecule has 0 radical (unpaired) electrons. The van der Waals surface area contributed by atoms with Gasteiger partial charge in [-0.05, 0) is 43.2 Å². The van der Waals surface area contributed by atoms with Crippen molar-refractivity contribution in [3.8, 4) is 23.0 Å². The zero-order valence-corrected chi connectivity index (χ0v) is 16.6. The van der Waals surface area contributed by atoms with E-state index in [0.717, 1.165) is 52.5 Å². The molecule has 0 unspecified atom stereocenters. The lowest BCUT2D eigenvalue weighted by Crippen LogP contribution is -2.36. The molecular formula is C22H21N3O3S. The van der Waals surface area contributed by atoms with Crippen LogP contribution in [0.5, 0.6) is 11.5 Å². The minimum absolute atomic E-state index is 0.0804. The highest BCUT2D eigenvalue weighted by atomic mass is 32.1. The van der Waals surface area contributed by atoms with Gasteiger partial charge in [0, 0.05) is 18.3 Å². The van der Waals surface area contributed by atoms with Gasteiger partial charge in [-0.15, -0.1) is 0 Å². The van der Waals surface area contributed by atoms with E-state index in [2.05, 4.69) is 15.3 Å². The number of rotatable bonds is 5. The Morgan fingerprint density at radius 1 is 1.10 bits per heavy atom. The highest BCUT2D eigenvalue weighted by Crippen LogP contribution is 2.33. The van der Waals surface area contributed by atoms with Crippen LogP contribution < -0.4 is 10.1 Å². The molecule has 0 saturated heterocycles. The molecule has 6 nitrogen and oxygen atoms in total. The molecule has 1 aliphatic carbocycles. The summed E-state index contributed by atoms with van der Waals surface area (Å²) < 4.78 is 12.5. The Balaban J connectivity index is 1.34. The molecule has 1 fully saturated rings. The zero-order valence-electron chi connectivity index (χ0n) is 15.7. The average molecular weight is 407 g/mol. The van der Waals surface area contributed by atoms with Crippen molar-refractivity contribution in [1.82, 2.24) is 9.97 Å². The van der Waals surface area contributed by atoms with Crippen LogP contribution in [-0.2, 0) is 0 Å². The van der Waals surface area contributed by atoms with Crippen LogP contribution in [0.1, 0.15) is 25.7 Å². The number of nitrogens with zero attached hydrogens (tertiary/aromatic N) is 2. The summed E-state index contributed by atoms with van der Waals surface area (Å²) in [6.45, 7) is 0. The van der Waals surface area contributed by atoms with E-state index in [1.165, 1.54) is 0 Å². The van der Waals surface area contributed by atoms with Gasteiger partial charge in [0.1, 0.15) is 17.2 Å². The number of aromatic nitrogens is 2. The van der Waals surface area contributed by atoms with Gasteiger partial charge in [-0.25, -0.2) is 4.98 Å². The monoisotopic (exact) mass is 407 g/mol. The number of furan rings is 1. The predicted molar refractivity (Wildman–Crippen MR) is 114 cm³/mol. The molecule has 2 N–H and O–H groups in total. The number of nitrogens with one attached hydrogen (secondary N) is 1. The van der Waals surface area contributed by atoms with Gasteiger partial charge in [-0.2, -0.15) is 0 Å². The van der Waals surface area contributed by atoms with E-state index in [4.69, 9.17) is 9.15 Å². The smallest absolute Gasteiger partial charge is 0.184 e. The minimum Gasteiger partial charge on any atom is -0.463 e. The third-order valence-corrected chi connectivity index (χ3v) is 6.09. The molecule has 148 valence electrons. The van der Waals surface area contributed by atoms with Crippen LogP contribution in [0.3, 0.4) is 0 Å². The van der Waals surface area contributed by atoms with E-state index < -0.39 is 0 Å². The molecule has 0 amide bonds. The van der Waals surface area contributed by atoms with Crippen molar-refractivity contribution < 1.29 is 14.3 Å². The molecule has 3 heterocycles. The lowest BCUT2D eigenvalue weighted by atomic mass is 9.93. The van der Waals surface area contributed by atoms with Crippen molar-refractivity contribution in [2.24, 2.45) is 0 Å². The van der Waals surface area contributed by atoms with E-state index in [1.807, 2.05) is 42.5 Å². The van der Waals surface area contributed by atoms with Crippen molar-refractivity contribution in [3.63, 3.8) is 0 Å². The van der Waals surface area contributed by atoms with Crippen LogP contribution in [0.2, 0.25) is 0 Å².